The molecule has 4 rings (SSSR count). The van der Waals surface area contributed by atoms with Crippen LogP contribution in [0.25, 0.3) is 0 Å². The number of benzene rings is 2. The predicted octanol–water partition coefficient (Wildman–Crippen LogP) is 6.27. The minimum Gasteiger partial charge on any atom is -0.294 e. The number of carbonyl (C=O) groups excluding carboxylic acids is 2. The van der Waals surface area contributed by atoms with Crippen LogP contribution >= 0.6 is 27.5 Å². The number of allylic oxidation sites excluding steroid dienone is 2. The SMILES string of the molecule is CC1(C)CC(=O)C2=C(C1)N(c1cccc(Br)c1)C(=O)CC2c1ccccc1Cl. The second-order valence-electron chi connectivity index (χ2n) is 8.29. The van der Waals surface area contributed by atoms with Crippen LogP contribution < -0.4 is 4.90 Å². The van der Waals surface area contributed by atoms with Crippen molar-refractivity contribution in [3.8, 4) is 0 Å². The van der Waals surface area contributed by atoms with Gasteiger partial charge in [0.25, 0.3) is 0 Å². The number of Topliss-reactive ketones (excluding diaryl/α,β-unsaturated/α-hetero) is 1. The van der Waals surface area contributed by atoms with Gasteiger partial charge in [0.1, 0.15) is 0 Å². The standard InChI is InChI=1S/C23H21BrClNO2/c1-23(2)12-19-22(20(27)13-23)17(16-8-3-4-9-18(16)25)11-21(28)26(19)15-7-5-6-14(24)10-15/h3-10,17H,11-13H2,1-2H3. The second-order valence-corrected chi connectivity index (χ2v) is 9.61. The van der Waals surface area contributed by atoms with E-state index in [1.165, 1.54) is 0 Å². The molecule has 0 fully saturated rings. The molecular weight excluding hydrogens is 438 g/mol. The van der Waals surface area contributed by atoms with Crippen LogP contribution in [0.3, 0.4) is 0 Å². The summed E-state index contributed by atoms with van der Waals surface area (Å²) in [7, 11) is 0. The van der Waals surface area contributed by atoms with Gasteiger partial charge >= 0.3 is 0 Å². The second kappa shape index (κ2) is 7.16. The van der Waals surface area contributed by atoms with E-state index >= 15 is 0 Å². The molecule has 1 heterocycles. The molecule has 1 aliphatic carbocycles. The number of rotatable bonds is 2. The van der Waals surface area contributed by atoms with Gasteiger partial charge < -0.3 is 0 Å². The van der Waals surface area contributed by atoms with Crippen LogP contribution in [0.2, 0.25) is 5.02 Å². The Balaban J connectivity index is 1.93. The van der Waals surface area contributed by atoms with E-state index in [-0.39, 0.29) is 29.4 Å². The zero-order valence-corrected chi connectivity index (χ0v) is 18.2. The zero-order valence-electron chi connectivity index (χ0n) is 15.8. The minimum absolute atomic E-state index is 0.00716. The van der Waals surface area contributed by atoms with Crippen LogP contribution in [0.4, 0.5) is 5.69 Å². The minimum atomic E-state index is -0.289. The number of anilines is 1. The Kier molecular flexibility index (Phi) is 4.96. The van der Waals surface area contributed by atoms with E-state index in [2.05, 4.69) is 29.8 Å². The molecule has 0 bridgehead atoms. The van der Waals surface area contributed by atoms with Gasteiger partial charge in [-0.2, -0.15) is 0 Å². The van der Waals surface area contributed by atoms with Crippen molar-refractivity contribution in [3.05, 3.63) is 74.9 Å². The van der Waals surface area contributed by atoms with Crippen molar-refractivity contribution in [2.45, 2.75) is 39.0 Å². The summed E-state index contributed by atoms with van der Waals surface area (Å²) >= 11 is 9.94. The third-order valence-electron chi connectivity index (χ3n) is 5.49. The Hall–Kier alpha value is -1.91. The van der Waals surface area contributed by atoms with E-state index in [1.807, 2.05) is 48.5 Å². The van der Waals surface area contributed by atoms with Crippen molar-refractivity contribution >= 4 is 44.9 Å². The van der Waals surface area contributed by atoms with E-state index in [4.69, 9.17) is 11.6 Å². The van der Waals surface area contributed by atoms with Crippen LogP contribution in [-0.2, 0) is 9.59 Å². The molecule has 0 saturated carbocycles. The Morgan fingerprint density at radius 3 is 2.54 bits per heavy atom. The summed E-state index contributed by atoms with van der Waals surface area (Å²) in [5.41, 5.74) is 3.01. The molecule has 0 saturated heterocycles. The molecule has 2 aromatic carbocycles. The first-order valence-electron chi connectivity index (χ1n) is 9.36. The molecule has 3 nitrogen and oxygen atoms in total. The summed E-state index contributed by atoms with van der Waals surface area (Å²) < 4.78 is 0.898. The maximum atomic E-state index is 13.3. The van der Waals surface area contributed by atoms with Crippen LogP contribution in [0.5, 0.6) is 0 Å². The normalized spacial score (nSPS) is 21.7. The highest BCUT2D eigenvalue weighted by molar-refractivity contribution is 9.10. The van der Waals surface area contributed by atoms with Crippen molar-refractivity contribution < 1.29 is 9.59 Å². The third-order valence-corrected chi connectivity index (χ3v) is 6.33. The van der Waals surface area contributed by atoms with Gasteiger partial charge in [-0.05, 0) is 41.7 Å². The summed E-state index contributed by atoms with van der Waals surface area (Å²) in [6, 6.07) is 15.2. The van der Waals surface area contributed by atoms with Crippen LogP contribution in [0, 0.1) is 5.41 Å². The molecule has 0 radical (unpaired) electrons. The first-order valence-corrected chi connectivity index (χ1v) is 10.5. The number of amides is 1. The quantitative estimate of drug-likeness (QED) is 0.532. The fourth-order valence-corrected chi connectivity index (χ4v) is 5.01. The largest absolute Gasteiger partial charge is 0.294 e. The number of hydrogen-bond acceptors (Lipinski definition) is 2. The molecule has 0 spiro atoms. The van der Waals surface area contributed by atoms with Gasteiger partial charge in [0.2, 0.25) is 5.91 Å². The smallest absolute Gasteiger partial charge is 0.232 e. The van der Waals surface area contributed by atoms with Crippen molar-refractivity contribution in [1.29, 1.82) is 0 Å². The fraction of sp³-hybridized carbons (Fsp3) is 0.304. The molecule has 0 N–H and O–H groups in total. The summed E-state index contributed by atoms with van der Waals surface area (Å²) in [6.45, 7) is 4.16. The van der Waals surface area contributed by atoms with E-state index < -0.39 is 0 Å². The first-order chi connectivity index (χ1) is 13.3. The highest BCUT2D eigenvalue weighted by atomic mass is 79.9. The third kappa shape index (κ3) is 3.44. The van der Waals surface area contributed by atoms with Gasteiger partial charge in [-0.25, -0.2) is 0 Å². The monoisotopic (exact) mass is 457 g/mol. The summed E-state index contributed by atoms with van der Waals surface area (Å²) in [4.78, 5) is 28.3. The first kappa shape index (κ1) is 19.4. The average molecular weight is 459 g/mol. The fourth-order valence-electron chi connectivity index (χ4n) is 4.35. The Morgan fingerprint density at radius 1 is 1.07 bits per heavy atom. The van der Waals surface area contributed by atoms with Gasteiger partial charge in [-0.1, -0.05) is 65.6 Å². The van der Waals surface area contributed by atoms with Crippen molar-refractivity contribution in [2.75, 3.05) is 4.90 Å². The number of hydrogen-bond donors (Lipinski definition) is 0. The van der Waals surface area contributed by atoms with Crippen molar-refractivity contribution in [3.63, 3.8) is 0 Å². The molecule has 1 amide bonds. The summed E-state index contributed by atoms with van der Waals surface area (Å²) in [5, 5.41) is 0.598. The lowest BCUT2D eigenvalue weighted by Gasteiger charge is -2.43. The van der Waals surface area contributed by atoms with E-state index in [9.17, 15) is 9.59 Å². The van der Waals surface area contributed by atoms with Crippen LogP contribution in [-0.4, -0.2) is 11.7 Å². The molecule has 0 aromatic heterocycles. The van der Waals surface area contributed by atoms with Crippen LogP contribution in [0.1, 0.15) is 44.6 Å². The number of carbonyl (C=O) groups is 2. The number of nitrogens with zero attached hydrogens (tertiary/aromatic N) is 1. The lowest BCUT2D eigenvalue weighted by molar-refractivity contribution is -0.121. The average Bonchev–Trinajstić information content (AvgIpc) is 2.60. The molecule has 2 aromatic rings. The highest BCUT2D eigenvalue weighted by Gasteiger charge is 2.44. The highest BCUT2D eigenvalue weighted by Crippen LogP contribution is 2.49. The lowest BCUT2D eigenvalue weighted by Crippen LogP contribution is -2.43. The summed E-state index contributed by atoms with van der Waals surface area (Å²) in [6.07, 6.45) is 1.39. The molecule has 1 unspecified atom stereocenters. The molecule has 28 heavy (non-hydrogen) atoms. The van der Waals surface area contributed by atoms with Gasteiger partial charge in [-0.3, -0.25) is 14.5 Å². The lowest BCUT2D eigenvalue weighted by atomic mass is 9.69. The van der Waals surface area contributed by atoms with Gasteiger partial charge in [0, 0.05) is 45.2 Å². The van der Waals surface area contributed by atoms with Gasteiger partial charge in [-0.15, -0.1) is 0 Å². The van der Waals surface area contributed by atoms with Gasteiger partial charge in [0.15, 0.2) is 5.78 Å². The molecule has 144 valence electrons. The maximum absolute atomic E-state index is 13.3. The zero-order chi connectivity index (χ0) is 20.1. The van der Waals surface area contributed by atoms with E-state index in [1.54, 1.807) is 4.90 Å². The molecule has 1 aliphatic heterocycles. The maximum Gasteiger partial charge on any atom is 0.232 e. The summed E-state index contributed by atoms with van der Waals surface area (Å²) in [5.74, 6) is -0.181. The van der Waals surface area contributed by atoms with Gasteiger partial charge in [0.05, 0.1) is 0 Å². The van der Waals surface area contributed by atoms with E-state index in [0.717, 1.165) is 27.0 Å². The molecule has 2 aliphatic rings. The Bertz CT molecular complexity index is 1010. The Labute approximate surface area is 178 Å². The topological polar surface area (TPSA) is 37.4 Å². The van der Waals surface area contributed by atoms with E-state index in [0.29, 0.717) is 17.9 Å². The van der Waals surface area contributed by atoms with Crippen LogP contribution in [0.15, 0.2) is 64.3 Å². The molecule has 5 heteroatoms. The number of halogens is 2. The Morgan fingerprint density at radius 2 is 1.82 bits per heavy atom. The van der Waals surface area contributed by atoms with Crippen molar-refractivity contribution in [1.82, 2.24) is 0 Å². The molecular formula is C23H21BrClNO2. The van der Waals surface area contributed by atoms with Crippen molar-refractivity contribution in [2.24, 2.45) is 5.41 Å². The number of ketones is 1. The predicted molar refractivity (Wildman–Crippen MR) is 115 cm³/mol. The molecule has 1 atom stereocenters.